The topological polar surface area (TPSA) is 40.2 Å². The number of rotatable bonds is 3. The maximum atomic E-state index is 6.36. The second kappa shape index (κ2) is 7.00. The first-order chi connectivity index (χ1) is 12.9. The number of hydrogen-bond acceptors (Lipinski definition) is 5. The van der Waals surface area contributed by atoms with Crippen LogP contribution in [0.25, 0.3) is 0 Å². The zero-order valence-electron chi connectivity index (χ0n) is 14.7. The van der Waals surface area contributed by atoms with Crippen LogP contribution in [0.15, 0.2) is 48.5 Å². The molecule has 0 aromatic heterocycles. The molecule has 26 heavy (non-hydrogen) atoms. The maximum absolute atomic E-state index is 6.36. The average Bonchev–Trinajstić information content (AvgIpc) is 3.07. The van der Waals surface area contributed by atoms with Gasteiger partial charge in [0, 0.05) is 37.2 Å². The van der Waals surface area contributed by atoms with Crippen molar-refractivity contribution in [2.75, 3.05) is 32.8 Å². The smallest absolute Gasteiger partial charge is 0.160 e. The normalized spacial score (nSPS) is 27.8. The molecule has 2 aromatic carbocycles. The van der Waals surface area contributed by atoms with Gasteiger partial charge in [0.1, 0.15) is 23.7 Å². The van der Waals surface area contributed by atoms with Crippen molar-refractivity contribution in [3.63, 3.8) is 0 Å². The molecule has 5 heteroatoms. The molecule has 136 valence electrons. The third-order valence-electron chi connectivity index (χ3n) is 5.33. The SMILES string of the molecule is c1ccc2c(c1)Oc1ccccc1C1OC(CCN3CCOCC3)OC21. The Morgan fingerprint density at radius 2 is 1.38 bits per heavy atom. The van der Waals surface area contributed by atoms with Crippen LogP contribution in [0.4, 0.5) is 0 Å². The van der Waals surface area contributed by atoms with Gasteiger partial charge in [0.15, 0.2) is 6.29 Å². The molecule has 2 unspecified atom stereocenters. The van der Waals surface area contributed by atoms with E-state index in [1.165, 1.54) is 0 Å². The van der Waals surface area contributed by atoms with E-state index in [-0.39, 0.29) is 18.5 Å². The van der Waals surface area contributed by atoms with Crippen LogP contribution in [-0.2, 0) is 14.2 Å². The van der Waals surface area contributed by atoms with E-state index in [1.807, 2.05) is 36.4 Å². The van der Waals surface area contributed by atoms with E-state index in [0.29, 0.717) is 0 Å². The molecule has 3 aliphatic heterocycles. The quantitative estimate of drug-likeness (QED) is 0.842. The summed E-state index contributed by atoms with van der Waals surface area (Å²) in [6.45, 7) is 4.57. The fourth-order valence-corrected chi connectivity index (χ4v) is 3.96. The number of hydrogen-bond donors (Lipinski definition) is 0. The number of morpholine rings is 1. The summed E-state index contributed by atoms with van der Waals surface area (Å²) in [7, 11) is 0. The third kappa shape index (κ3) is 3.01. The number of fused-ring (bicyclic) bond motifs is 5. The second-order valence-electron chi connectivity index (χ2n) is 6.96. The van der Waals surface area contributed by atoms with Crippen molar-refractivity contribution in [2.24, 2.45) is 0 Å². The number of para-hydroxylation sites is 2. The van der Waals surface area contributed by atoms with Crippen LogP contribution in [0, 0.1) is 0 Å². The van der Waals surface area contributed by atoms with Gasteiger partial charge in [-0.15, -0.1) is 0 Å². The Labute approximate surface area is 153 Å². The third-order valence-corrected chi connectivity index (χ3v) is 5.33. The van der Waals surface area contributed by atoms with Crippen molar-refractivity contribution in [2.45, 2.75) is 24.9 Å². The minimum absolute atomic E-state index is 0.135. The zero-order valence-corrected chi connectivity index (χ0v) is 14.7. The van der Waals surface area contributed by atoms with Gasteiger partial charge >= 0.3 is 0 Å². The molecule has 2 saturated heterocycles. The minimum Gasteiger partial charge on any atom is -0.457 e. The molecule has 2 atom stereocenters. The molecule has 0 bridgehead atoms. The first-order valence-corrected chi connectivity index (χ1v) is 9.35. The van der Waals surface area contributed by atoms with E-state index in [9.17, 15) is 0 Å². The molecule has 0 radical (unpaired) electrons. The predicted octanol–water partition coefficient (Wildman–Crippen LogP) is 3.67. The molecular formula is C21H23NO4. The molecule has 0 spiro atoms. The molecule has 5 nitrogen and oxygen atoms in total. The van der Waals surface area contributed by atoms with Crippen LogP contribution in [-0.4, -0.2) is 44.0 Å². The molecule has 0 N–H and O–H groups in total. The van der Waals surface area contributed by atoms with Gasteiger partial charge in [-0.2, -0.15) is 0 Å². The van der Waals surface area contributed by atoms with Crippen molar-refractivity contribution in [3.8, 4) is 11.5 Å². The lowest BCUT2D eigenvalue weighted by molar-refractivity contribution is -0.0793. The Morgan fingerprint density at radius 3 is 2.00 bits per heavy atom. The van der Waals surface area contributed by atoms with Gasteiger partial charge in [0.2, 0.25) is 0 Å². The summed E-state index contributed by atoms with van der Waals surface area (Å²) in [5, 5.41) is 0. The van der Waals surface area contributed by atoms with Crippen LogP contribution in [0.3, 0.4) is 0 Å². The van der Waals surface area contributed by atoms with E-state index in [2.05, 4.69) is 17.0 Å². The van der Waals surface area contributed by atoms with Crippen molar-refractivity contribution in [3.05, 3.63) is 59.7 Å². The highest BCUT2D eigenvalue weighted by molar-refractivity contribution is 5.48. The van der Waals surface area contributed by atoms with Gasteiger partial charge in [-0.1, -0.05) is 36.4 Å². The van der Waals surface area contributed by atoms with E-state index >= 15 is 0 Å². The lowest BCUT2D eigenvalue weighted by atomic mass is 9.99. The van der Waals surface area contributed by atoms with E-state index < -0.39 is 0 Å². The summed E-state index contributed by atoms with van der Waals surface area (Å²) in [4.78, 5) is 2.41. The van der Waals surface area contributed by atoms with Gasteiger partial charge < -0.3 is 18.9 Å². The highest BCUT2D eigenvalue weighted by atomic mass is 16.7. The van der Waals surface area contributed by atoms with Gasteiger partial charge in [0.05, 0.1) is 13.2 Å². The van der Waals surface area contributed by atoms with E-state index in [1.54, 1.807) is 0 Å². The van der Waals surface area contributed by atoms with Gasteiger partial charge in [0.25, 0.3) is 0 Å². The summed E-state index contributed by atoms with van der Waals surface area (Å²) in [6.07, 6.45) is 0.388. The van der Waals surface area contributed by atoms with Crippen molar-refractivity contribution >= 4 is 0 Å². The standard InChI is InChI=1S/C21H23NO4/c1-3-7-17-15(5-1)20-21(16-6-2-4-8-18(16)24-17)26-19(25-20)9-10-22-11-13-23-14-12-22/h1-8,19-21H,9-14H2. The number of benzene rings is 2. The lowest BCUT2D eigenvalue weighted by Gasteiger charge is -2.27. The first kappa shape index (κ1) is 16.3. The van der Waals surface area contributed by atoms with Crippen LogP contribution >= 0.6 is 0 Å². The second-order valence-corrected chi connectivity index (χ2v) is 6.96. The summed E-state index contributed by atoms with van der Waals surface area (Å²) in [5.74, 6) is 1.70. The molecular weight excluding hydrogens is 330 g/mol. The molecule has 3 heterocycles. The molecule has 3 aliphatic rings. The average molecular weight is 353 g/mol. The summed E-state index contributed by atoms with van der Waals surface area (Å²) >= 11 is 0. The van der Waals surface area contributed by atoms with Gasteiger partial charge in [-0.05, 0) is 12.1 Å². The highest BCUT2D eigenvalue weighted by Crippen LogP contribution is 2.51. The Morgan fingerprint density at radius 1 is 0.808 bits per heavy atom. The van der Waals surface area contributed by atoms with Crippen molar-refractivity contribution in [1.82, 2.24) is 4.90 Å². The molecule has 2 aromatic rings. The summed E-state index contributed by atoms with van der Waals surface area (Å²) < 4.78 is 24.3. The molecule has 5 rings (SSSR count). The van der Waals surface area contributed by atoms with Crippen LogP contribution in [0.2, 0.25) is 0 Å². The zero-order chi connectivity index (χ0) is 17.3. The maximum Gasteiger partial charge on any atom is 0.160 e. The Kier molecular flexibility index (Phi) is 4.38. The number of ether oxygens (including phenoxy) is 4. The predicted molar refractivity (Wildman–Crippen MR) is 96.3 cm³/mol. The molecule has 2 fully saturated rings. The van der Waals surface area contributed by atoms with Crippen LogP contribution in [0.5, 0.6) is 11.5 Å². The minimum atomic E-state index is -0.202. The monoisotopic (exact) mass is 353 g/mol. The largest absolute Gasteiger partial charge is 0.457 e. The van der Waals surface area contributed by atoms with Crippen molar-refractivity contribution in [1.29, 1.82) is 0 Å². The fraction of sp³-hybridized carbons (Fsp3) is 0.429. The van der Waals surface area contributed by atoms with Crippen LogP contribution in [0.1, 0.15) is 29.8 Å². The molecule has 0 aliphatic carbocycles. The van der Waals surface area contributed by atoms with Crippen LogP contribution < -0.4 is 4.74 Å². The molecule has 0 saturated carbocycles. The fourth-order valence-electron chi connectivity index (χ4n) is 3.96. The van der Waals surface area contributed by atoms with E-state index in [4.69, 9.17) is 18.9 Å². The first-order valence-electron chi connectivity index (χ1n) is 9.35. The summed E-state index contributed by atoms with van der Waals surface area (Å²) in [5.41, 5.74) is 2.12. The van der Waals surface area contributed by atoms with Crippen molar-refractivity contribution < 1.29 is 18.9 Å². The number of nitrogens with zero attached hydrogens (tertiary/aromatic N) is 1. The Balaban J connectivity index is 1.39. The van der Waals surface area contributed by atoms with Gasteiger partial charge in [-0.3, -0.25) is 4.90 Å². The lowest BCUT2D eigenvalue weighted by Crippen LogP contribution is -2.38. The highest BCUT2D eigenvalue weighted by Gasteiger charge is 2.42. The Hall–Kier alpha value is -1.92. The van der Waals surface area contributed by atoms with E-state index in [0.717, 1.165) is 61.9 Å². The molecule has 0 amide bonds. The van der Waals surface area contributed by atoms with Gasteiger partial charge in [-0.25, -0.2) is 0 Å². The summed E-state index contributed by atoms with van der Waals surface area (Å²) in [6, 6.07) is 16.2. The Bertz CT molecular complexity index is 721.